The first-order valence-corrected chi connectivity index (χ1v) is 6.18. The van der Waals surface area contributed by atoms with E-state index < -0.39 is 5.97 Å². The Labute approximate surface area is 93.9 Å². The van der Waals surface area contributed by atoms with Crippen LogP contribution in [-0.2, 0) is 0 Å². The van der Waals surface area contributed by atoms with Crippen molar-refractivity contribution in [2.24, 2.45) is 0 Å². The number of thioether (sulfide) groups is 1. The predicted octanol–water partition coefficient (Wildman–Crippen LogP) is 3.65. The summed E-state index contributed by atoms with van der Waals surface area (Å²) in [4.78, 5) is 10.5. The maximum atomic E-state index is 10.5. The number of rotatable bonds is 7. The fourth-order valence-corrected chi connectivity index (χ4v) is 2.08. The topological polar surface area (TPSA) is 50.4 Å². The average Bonchev–Trinajstić information content (AvgIpc) is 2.66. The monoisotopic (exact) mass is 228 g/mol. The summed E-state index contributed by atoms with van der Waals surface area (Å²) in [6, 6.07) is 3.21. The molecule has 84 valence electrons. The molecular weight excluding hydrogens is 212 g/mol. The SMILES string of the molecule is CCCCCCSc1ccc(C(=O)O)o1. The summed E-state index contributed by atoms with van der Waals surface area (Å²) >= 11 is 1.58. The van der Waals surface area contributed by atoms with Crippen LogP contribution >= 0.6 is 11.8 Å². The lowest BCUT2D eigenvalue weighted by molar-refractivity contribution is 0.0656. The van der Waals surface area contributed by atoms with Crippen LogP contribution in [0.5, 0.6) is 0 Å². The maximum absolute atomic E-state index is 10.5. The van der Waals surface area contributed by atoms with Gasteiger partial charge in [-0.15, -0.1) is 0 Å². The summed E-state index contributed by atoms with van der Waals surface area (Å²) in [5.74, 6) is 0.00549. The zero-order valence-corrected chi connectivity index (χ0v) is 9.68. The van der Waals surface area contributed by atoms with Crippen molar-refractivity contribution in [1.29, 1.82) is 0 Å². The van der Waals surface area contributed by atoms with Crippen molar-refractivity contribution in [1.82, 2.24) is 0 Å². The van der Waals surface area contributed by atoms with Crippen molar-refractivity contribution in [3.63, 3.8) is 0 Å². The molecule has 1 heterocycles. The van der Waals surface area contributed by atoms with Crippen LogP contribution in [-0.4, -0.2) is 16.8 Å². The lowest BCUT2D eigenvalue weighted by Crippen LogP contribution is -1.91. The number of aromatic carboxylic acids is 1. The minimum Gasteiger partial charge on any atom is -0.475 e. The largest absolute Gasteiger partial charge is 0.475 e. The molecule has 0 aliphatic rings. The van der Waals surface area contributed by atoms with Crippen molar-refractivity contribution < 1.29 is 14.3 Å². The van der Waals surface area contributed by atoms with Gasteiger partial charge < -0.3 is 9.52 Å². The summed E-state index contributed by atoms with van der Waals surface area (Å²) in [5, 5.41) is 9.33. The van der Waals surface area contributed by atoms with Crippen molar-refractivity contribution >= 4 is 17.7 Å². The van der Waals surface area contributed by atoms with Gasteiger partial charge in [0.1, 0.15) is 0 Å². The van der Waals surface area contributed by atoms with E-state index in [9.17, 15) is 4.79 Å². The Hall–Kier alpha value is -0.900. The predicted molar refractivity (Wildman–Crippen MR) is 60.5 cm³/mol. The van der Waals surface area contributed by atoms with E-state index in [4.69, 9.17) is 9.52 Å². The van der Waals surface area contributed by atoms with Crippen LogP contribution in [0.25, 0.3) is 0 Å². The summed E-state index contributed by atoms with van der Waals surface area (Å²) in [6.07, 6.45) is 4.88. The molecule has 1 aromatic rings. The van der Waals surface area contributed by atoms with Gasteiger partial charge in [-0.2, -0.15) is 0 Å². The summed E-state index contributed by atoms with van der Waals surface area (Å²) < 4.78 is 5.12. The zero-order valence-electron chi connectivity index (χ0n) is 8.86. The molecule has 0 aromatic carbocycles. The quantitative estimate of drug-likeness (QED) is 0.571. The van der Waals surface area contributed by atoms with Crippen molar-refractivity contribution in [3.05, 3.63) is 17.9 Å². The third-order valence-electron chi connectivity index (χ3n) is 2.03. The molecule has 0 aliphatic heterocycles. The van der Waals surface area contributed by atoms with Gasteiger partial charge in [-0.1, -0.05) is 37.9 Å². The molecule has 1 N–H and O–H groups in total. The van der Waals surface area contributed by atoms with E-state index in [-0.39, 0.29) is 5.76 Å². The lowest BCUT2D eigenvalue weighted by Gasteiger charge is -1.97. The van der Waals surface area contributed by atoms with E-state index >= 15 is 0 Å². The summed E-state index contributed by atoms with van der Waals surface area (Å²) in [5.41, 5.74) is 0. The van der Waals surface area contributed by atoms with Gasteiger partial charge >= 0.3 is 5.97 Å². The van der Waals surface area contributed by atoms with Crippen LogP contribution in [0.15, 0.2) is 21.6 Å². The van der Waals surface area contributed by atoms with Gasteiger partial charge in [-0.05, 0) is 18.6 Å². The average molecular weight is 228 g/mol. The van der Waals surface area contributed by atoms with Crippen molar-refractivity contribution in [2.75, 3.05) is 5.75 Å². The minimum atomic E-state index is -1.01. The molecule has 0 unspecified atom stereocenters. The second-order valence-corrected chi connectivity index (χ2v) is 4.43. The highest BCUT2D eigenvalue weighted by molar-refractivity contribution is 7.99. The number of unbranched alkanes of at least 4 members (excludes halogenated alkanes) is 3. The summed E-state index contributed by atoms with van der Waals surface area (Å²) in [6.45, 7) is 2.18. The van der Waals surface area contributed by atoms with Gasteiger partial charge in [-0.3, -0.25) is 0 Å². The molecule has 4 heteroatoms. The van der Waals surface area contributed by atoms with E-state index in [1.807, 2.05) is 0 Å². The van der Waals surface area contributed by atoms with E-state index in [1.54, 1.807) is 17.8 Å². The molecule has 0 atom stereocenters. The Balaban J connectivity index is 2.23. The van der Waals surface area contributed by atoms with Gasteiger partial charge in [-0.25, -0.2) is 4.79 Å². The first-order valence-electron chi connectivity index (χ1n) is 5.20. The highest BCUT2D eigenvalue weighted by Gasteiger charge is 2.08. The van der Waals surface area contributed by atoms with Crippen LogP contribution < -0.4 is 0 Å². The number of furan rings is 1. The Bertz CT molecular complexity index is 307. The molecular formula is C11H16O3S. The van der Waals surface area contributed by atoms with Crippen molar-refractivity contribution in [3.8, 4) is 0 Å². The van der Waals surface area contributed by atoms with Gasteiger partial charge in [0.05, 0.1) is 0 Å². The summed E-state index contributed by atoms with van der Waals surface area (Å²) in [7, 11) is 0. The molecule has 0 saturated carbocycles. The van der Waals surface area contributed by atoms with E-state index in [1.165, 1.54) is 25.3 Å². The second-order valence-electron chi connectivity index (χ2n) is 3.33. The second kappa shape index (κ2) is 6.56. The molecule has 0 spiro atoms. The van der Waals surface area contributed by atoms with Crippen LogP contribution in [0.1, 0.15) is 43.2 Å². The molecule has 0 saturated heterocycles. The Morgan fingerprint density at radius 1 is 1.40 bits per heavy atom. The van der Waals surface area contributed by atoms with Gasteiger partial charge in [0.15, 0.2) is 5.09 Å². The van der Waals surface area contributed by atoms with Gasteiger partial charge in [0.25, 0.3) is 0 Å². The van der Waals surface area contributed by atoms with Crippen molar-refractivity contribution in [2.45, 2.75) is 37.7 Å². The molecule has 0 amide bonds. The number of carboxylic acids is 1. The lowest BCUT2D eigenvalue weighted by atomic mass is 10.2. The Morgan fingerprint density at radius 3 is 2.80 bits per heavy atom. The molecule has 0 aliphatic carbocycles. The molecule has 3 nitrogen and oxygen atoms in total. The Morgan fingerprint density at radius 2 is 2.20 bits per heavy atom. The molecule has 15 heavy (non-hydrogen) atoms. The number of carbonyl (C=O) groups is 1. The standard InChI is InChI=1S/C11H16O3S/c1-2-3-4-5-8-15-10-7-6-9(14-10)11(12)13/h6-7H,2-5,8H2,1H3,(H,12,13). The van der Waals surface area contributed by atoms with Gasteiger partial charge in [0.2, 0.25) is 5.76 Å². The highest BCUT2D eigenvalue weighted by atomic mass is 32.2. The Kier molecular flexibility index (Phi) is 5.32. The van der Waals surface area contributed by atoms with Gasteiger partial charge in [0, 0.05) is 5.75 Å². The first kappa shape index (κ1) is 12.2. The molecule has 0 bridgehead atoms. The number of hydrogen-bond donors (Lipinski definition) is 1. The van der Waals surface area contributed by atoms with E-state index in [0.29, 0.717) is 5.09 Å². The van der Waals surface area contributed by atoms with Crippen LogP contribution in [0.4, 0.5) is 0 Å². The maximum Gasteiger partial charge on any atom is 0.371 e. The third kappa shape index (κ3) is 4.42. The molecule has 1 rings (SSSR count). The number of carboxylic acid groups (broad SMARTS) is 1. The van der Waals surface area contributed by atoms with Crippen LogP contribution in [0, 0.1) is 0 Å². The normalized spacial score (nSPS) is 10.5. The minimum absolute atomic E-state index is 0.0195. The van der Waals surface area contributed by atoms with Crippen LogP contribution in [0.3, 0.4) is 0 Å². The molecule has 1 aromatic heterocycles. The fourth-order valence-electron chi connectivity index (χ4n) is 1.21. The third-order valence-corrected chi connectivity index (χ3v) is 3.03. The smallest absolute Gasteiger partial charge is 0.371 e. The van der Waals surface area contributed by atoms with E-state index in [2.05, 4.69) is 6.92 Å². The zero-order chi connectivity index (χ0) is 11.1. The fraction of sp³-hybridized carbons (Fsp3) is 0.545. The first-order chi connectivity index (χ1) is 7.24. The highest BCUT2D eigenvalue weighted by Crippen LogP contribution is 2.22. The number of hydrogen-bond acceptors (Lipinski definition) is 3. The van der Waals surface area contributed by atoms with Crippen LogP contribution in [0.2, 0.25) is 0 Å². The molecule has 0 radical (unpaired) electrons. The molecule has 0 fully saturated rings. The van der Waals surface area contributed by atoms with E-state index in [0.717, 1.165) is 12.2 Å².